The lowest BCUT2D eigenvalue weighted by molar-refractivity contribution is -0.123. The van der Waals surface area contributed by atoms with Crippen molar-refractivity contribution in [2.24, 2.45) is 0 Å². The van der Waals surface area contributed by atoms with E-state index in [1.807, 2.05) is 13.8 Å². The molecule has 1 amide bonds. The first-order valence-electron chi connectivity index (χ1n) is 9.22. The Kier molecular flexibility index (Phi) is 6.48. The van der Waals surface area contributed by atoms with Gasteiger partial charge >= 0.3 is 0 Å². The second kappa shape index (κ2) is 8.66. The number of rotatable bonds is 5. The van der Waals surface area contributed by atoms with Crippen molar-refractivity contribution in [3.05, 3.63) is 24.3 Å². The minimum atomic E-state index is -3.53. The Morgan fingerprint density at radius 3 is 2.44 bits per heavy atom. The lowest BCUT2D eigenvalue weighted by Crippen LogP contribution is -2.50. The van der Waals surface area contributed by atoms with E-state index in [-0.39, 0.29) is 22.9 Å². The minimum Gasteiger partial charge on any atom is -0.379 e. The van der Waals surface area contributed by atoms with Gasteiger partial charge in [0.05, 0.1) is 36.9 Å². The number of ether oxygens (including phenoxy) is 2. The molecule has 3 rings (SSSR count). The lowest BCUT2D eigenvalue weighted by Gasteiger charge is -2.34. The molecule has 9 heteroatoms. The Bertz CT molecular complexity index is 747. The molecule has 2 aliphatic rings. The van der Waals surface area contributed by atoms with Crippen molar-refractivity contribution >= 4 is 21.6 Å². The number of sulfonamides is 1. The molecule has 1 aromatic rings. The first-order valence-corrected chi connectivity index (χ1v) is 10.7. The average molecular weight is 397 g/mol. The van der Waals surface area contributed by atoms with Crippen LogP contribution in [0.15, 0.2) is 29.2 Å². The van der Waals surface area contributed by atoms with Crippen LogP contribution in [0.1, 0.15) is 13.8 Å². The van der Waals surface area contributed by atoms with Gasteiger partial charge in [-0.1, -0.05) is 0 Å². The number of nitrogens with one attached hydrogen (secondary N) is 1. The number of morpholine rings is 2. The van der Waals surface area contributed by atoms with E-state index in [0.717, 1.165) is 6.54 Å². The molecule has 27 heavy (non-hydrogen) atoms. The normalized spacial score (nSPS) is 23.7. The molecule has 2 fully saturated rings. The lowest BCUT2D eigenvalue weighted by atomic mass is 10.2. The maximum atomic E-state index is 12.6. The molecule has 2 heterocycles. The van der Waals surface area contributed by atoms with E-state index in [2.05, 4.69) is 10.2 Å². The van der Waals surface area contributed by atoms with E-state index in [1.54, 1.807) is 12.1 Å². The summed E-state index contributed by atoms with van der Waals surface area (Å²) >= 11 is 0. The van der Waals surface area contributed by atoms with Gasteiger partial charge in [0.2, 0.25) is 15.9 Å². The number of hydrogen-bond donors (Lipinski definition) is 1. The number of carbonyl (C=O) groups is 1. The van der Waals surface area contributed by atoms with Gasteiger partial charge in [-0.05, 0) is 38.1 Å². The molecule has 8 nitrogen and oxygen atoms in total. The van der Waals surface area contributed by atoms with Crippen LogP contribution >= 0.6 is 0 Å². The van der Waals surface area contributed by atoms with E-state index in [9.17, 15) is 13.2 Å². The average Bonchev–Trinajstić information content (AvgIpc) is 2.68. The summed E-state index contributed by atoms with van der Waals surface area (Å²) < 4.78 is 37.4. The molecule has 0 saturated carbocycles. The highest BCUT2D eigenvalue weighted by Gasteiger charge is 2.27. The molecule has 2 atom stereocenters. The van der Waals surface area contributed by atoms with Gasteiger partial charge < -0.3 is 14.8 Å². The van der Waals surface area contributed by atoms with Gasteiger partial charge in [0.1, 0.15) is 0 Å². The zero-order valence-electron chi connectivity index (χ0n) is 15.8. The van der Waals surface area contributed by atoms with Crippen LogP contribution in [0, 0.1) is 0 Å². The number of nitrogens with zero attached hydrogens (tertiary/aromatic N) is 2. The van der Waals surface area contributed by atoms with E-state index in [0.29, 0.717) is 45.1 Å². The Morgan fingerprint density at radius 2 is 1.81 bits per heavy atom. The number of hydrogen-bond acceptors (Lipinski definition) is 6. The second-order valence-electron chi connectivity index (χ2n) is 6.88. The van der Waals surface area contributed by atoms with Gasteiger partial charge in [0.15, 0.2) is 0 Å². The quantitative estimate of drug-likeness (QED) is 0.789. The topological polar surface area (TPSA) is 88.2 Å². The van der Waals surface area contributed by atoms with Gasteiger partial charge in [-0.2, -0.15) is 4.31 Å². The fourth-order valence-electron chi connectivity index (χ4n) is 3.26. The monoisotopic (exact) mass is 397 g/mol. The SMILES string of the molecule is C[C@@H]1CN([C@H](C)C(=O)Nc2ccc(S(=O)(=O)N3CCOCC3)cc2)CCO1. The minimum absolute atomic E-state index is 0.110. The molecule has 1 N–H and O–H groups in total. The maximum absolute atomic E-state index is 12.6. The molecule has 0 spiro atoms. The Morgan fingerprint density at radius 1 is 1.15 bits per heavy atom. The molecule has 150 valence electrons. The fraction of sp³-hybridized carbons (Fsp3) is 0.611. The summed E-state index contributed by atoms with van der Waals surface area (Å²) in [6.07, 6.45) is 0.110. The number of carbonyl (C=O) groups excluding carboxylic acids is 1. The summed E-state index contributed by atoms with van der Waals surface area (Å²) in [5.41, 5.74) is 0.578. The summed E-state index contributed by atoms with van der Waals surface area (Å²) in [4.78, 5) is 14.8. The van der Waals surface area contributed by atoms with Crippen molar-refractivity contribution in [2.45, 2.75) is 30.9 Å². The highest BCUT2D eigenvalue weighted by atomic mass is 32.2. The van der Waals surface area contributed by atoms with Crippen LogP contribution in [0.2, 0.25) is 0 Å². The standard InChI is InChI=1S/C18H27N3O5S/c1-14-13-20(7-12-26-14)15(2)18(22)19-16-3-5-17(6-4-16)27(23,24)21-8-10-25-11-9-21/h3-6,14-15H,7-13H2,1-2H3,(H,19,22)/t14-,15-/m1/s1. The smallest absolute Gasteiger partial charge is 0.243 e. The Labute approximate surface area is 160 Å². The van der Waals surface area contributed by atoms with Gasteiger partial charge in [0, 0.05) is 31.9 Å². The summed E-state index contributed by atoms with van der Waals surface area (Å²) in [6.45, 7) is 7.44. The second-order valence-corrected chi connectivity index (χ2v) is 8.82. The van der Waals surface area contributed by atoms with Crippen molar-refractivity contribution in [1.82, 2.24) is 9.21 Å². The van der Waals surface area contributed by atoms with E-state index >= 15 is 0 Å². The van der Waals surface area contributed by atoms with Crippen LogP contribution in [0.3, 0.4) is 0 Å². The molecule has 0 unspecified atom stereocenters. The molecule has 0 radical (unpaired) electrons. The number of anilines is 1. The molecule has 2 aliphatic heterocycles. The van der Waals surface area contributed by atoms with Crippen LogP contribution in [0.5, 0.6) is 0 Å². The van der Waals surface area contributed by atoms with Crippen LogP contribution in [0.4, 0.5) is 5.69 Å². The summed E-state index contributed by atoms with van der Waals surface area (Å²) in [7, 11) is -3.53. The van der Waals surface area contributed by atoms with Crippen molar-refractivity contribution < 1.29 is 22.7 Å². The van der Waals surface area contributed by atoms with Crippen LogP contribution in [0.25, 0.3) is 0 Å². The van der Waals surface area contributed by atoms with E-state index in [1.165, 1.54) is 16.4 Å². The Hall–Kier alpha value is -1.52. The highest BCUT2D eigenvalue weighted by Crippen LogP contribution is 2.20. The van der Waals surface area contributed by atoms with Crippen LogP contribution in [-0.4, -0.2) is 81.7 Å². The van der Waals surface area contributed by atoms with Crippen molar-refractivity contribution in [2.75, 3.05) is 51.3 Å². The predicted octanol–water partition coefficient (Wildman–Crippen LogP) is 0.755. The number of benzene rings is 1. The van der Waals surface area contributed by atoms with Crippen LogP contribution < -0.4 is 5.32 Å². The van der Waals surface area contributed by atoms with Gasteiger partial charge in [0.25, 0.3) is 0 Å². The Balaban J connectivity index is 1.62. The third-order valence-electron chi connectivity index (χ3n) is 4.93. The molecule has 1 aromatic carbocycles. The van der Waals surface area contributed by atoms with Crippen molar-refractivity contribution in [3.63, 3.8) is 0 Å². The van der Waals surface area contributed by atoms with Gasteiger partial charge in [-0.3, -0.25) is 9.69 Å². The van der Waals surface area contributed by atoms with Gasteiger partial charge in [-0.25, -0.2) is 8.42 Å². The highest BCUT2D eigenvalue weighted by molar-refractivity contribution is 7.89. The van der Waals surface area contributed by atoms with Gasteiger partial charge in [-0.15, -0.1) is 0 Å². The molecule has 0 aromatic heterocycles. The van der Waals surface area contributed by atoms with Crippen molar-refractivity contribution in [3.8, 4) is 0 Å². The molecule has 2 saturated heterocycles. The largest absolute Gasteiger partial charge is 0.379 e. The van der Waals surface area contributed by atoms with E-state index in [4.69, 9.17) is 9.47 Å². The summed E-state index contributed by atoms with van der Waals surface area (Å²) in [5.74, 6) is -0.118. The first kappa shape index (κ1) is 20.2. The molecule has 0 aliphatic carbocycles. The maximum Gasteiger partial charge on any atom is 0.243 e. The predicted molar refractivity (Wildman–Crippen MR) is 101 cm³/mol. The summed E-state index contributed by atoms with van der Waals surface area (Å²) in [6, 6.07) is 6.02. The third-order valence-corrected chi connectivity index (χ3v) is 6.84. The molecule has 0 bridgehead atoms. The third kappa shape index (κ3) is 4.85. The van der Waals surface area contributed by atoms with E-state index < -0.39 is 10.0 Å². The van der Waals surface area contributed by atoms with Crippen LogP contribution in [-0.2, 0) is 24.3 Å². The first-order chi connectivity index (χ1) is 12.9. The molecular formula is C18H27N3O5S. The summed E-state index contributed by atoms with van der Waals surface area (Å²) in [5, 5.41) is 2.86. The fourth-order valence-corrected chi connectivity index (χ4v) is 4.66. The molecular weight excluding hydrogens is 370 g/mol. The van der Waals surface area contributed by atoms with Crippen molar-refractivity contribution in [1.29, 1.82) is 0 Å². The zero-order chi connectivity index (χ0) is 19.4. The zero-order valence-corrected chi connectivity index (χ0v) is 16.6. The number of amides is 1.